The predicted octanol–water partition coefficient (Wildman–Crippen LogP) is 3.70. The van der Waals surface area contributed by atoms with Gasteiger partial charge in [-0.25, -0.2) is 0 Å². The van der Waals surface area contributed by atoms with Gasteiger partial charge in [0.1, 0.15) is 0 Å². The molecule has 0 radical (unpaired) electrons. The molecule has 3 rings (SSSR count). The van der Waals surface area contributed by atoms with Crippen LogP contribution < -0.4 is 4.90 Å². The number of hydrogen-bond donors (Lipinski definition) is 0. The van der Waals surface area contributed by atoms with Gasteiger partial charge in [0.2, 0.25) is 0 Å². The zero-order valence-electron chi connectivity index (χ0n) is 13.9. The molecule has 1 aromatic heterocycles. The van der Waals surface area contributed by atoms with Crippen LogP contribution in [0.15, 0.2) is 30.5 Å². The summed E-state index contributed by atoms with van der Waals surface area (Å²) in [5.41, 5.74) is 7.10. The molecular formula is C19H26N2O. The molecule has 0 spiro atoms. The number of anilines is 1. The molecule has 1 aliphatic rings. The van der Waals surface area contributed by atoms with Crippen LogP contribution in [0.1, 0.15) is 29.3 Å². The first-order chi connectivity index (χ1) is 10.7. The van der Waals surface area contributed by atoms with Crippen LogP contribution in [0.3, 0.4) is 0 Å². The predicted molar refractivity (Wildman–Crippen MR) is 91.6 cm³/mol. The first-order valence-corrected chi connectivity index (χ1v) is 8.26. The fraction of sp³-hybridized carbons (Fsp3) is 0.474. The van der Waals surface area contributed by atoms with Gasteiger partial charge in [-0.05, 0) is 43.9 Å². The first-order valence-electron chi connectivity index (χ1n) is 8.26. The third kappa shape index (κ3) is 2.91. The lowest BCUT2D eigenvalue weighted by atomic mass is 9.99. The van der Waals surface area contributed by atoms with Crippen molar-refractivity contribution in [1.82, 2.24) is 4.57 Å². The lowest BCUT2D eigenvalue weighted by Gasteiger charge is -2.30. The molecule has 0 fully saturated rings. The molecule has 1 aliphatic heterocycles. The molecule has 3 heteroatoms. The number of rotatable bonds is 5. The number of aromatic nitrogens is 1. The molecule has 0 atom stereocenters. The van der Waals surface area contributed by atoms with E-state index < -0.39 is 0 Å². The van der Waals surface area contributed by atoms with Crippen LogP contribution in [0.25, 0.3) is 0 Å². The second-order valence-corrected chi connectivity index (χ2v) is 6.06. The van der Waals surface area contributed by atoms with Crippen molar-refractivity contribution < 1.29 is 4.74 Å². The molecule has 0 unspecified atom stereocenters. The summed E-state index contributed by atoms with van der Waals surface area (Å²) in [6, 6.07) is 8.82. The monoisotopic (exact) mass is 298 g/mol. The summed E-state index contributed by atoms with van der Waals surface area (Å²) >= 11 is 0. The van der Waals surface area contributed by atoms with Crippen LogP contribution in [0.2, 0.25) is 0 Å². The van der Waals surface area contributed by atoms with Crippen LogP contribution in [0.4, 0.5) is 5.69 Å². The number of hydrogen-bond acceptors (Lipinski definition) is 2. The molecule has 0 N–H and O–H groups in total. The van der Waals surface area contributed by atoms with Crippen molar-refractivity contribution in [2.75, 3.05) is 24.7 Å². The summed E-state index contributed by atoms with van der Waals surface area (Å²) in [4.78, 5) is 2.52. The average Bonchev–Trinajstić information content (AvgIpc) is 2.83. The van der Waals surface area contributed by atoms with Crippen LogP contribution in [-0.2, 0) is 24.2 Å². The smallest absolute Gasteiger partial charge is 0.0645 e. The van der Waals surface area contributed by atoms with E-state index in [4.69, 9.17) is 4.74 Å². The van der Waals surface area contributed by atoms with Crippen LogP contribution in [0, 0.1) is 13.8 Å². The van der Waals surface area contributed by atoms with E-state index in [1.54, 1.807) is 0 Å². The summed E-state index contributed by atoms with van der Waals surface area (Å²) in [6.45, 7) is 11.1. The second kappa shape index (κ2) is 6.57. The summed E-state index contributed by atoms with van der Waals surface area (Å²) in [6.07, 6.45) is 3.44. The third-order valence-electron chi connectivity index (χ3n) is 4.79. The van der Waals surface area contributed by atoms with Gasteiger partial charge in [0.15, 0.2) is 0 Å². The van der Waals surface area contributed by atoms with Gasteiger partial charge in [-0.15, -0.1) is 0 Å². The average molecular weight is 298 g/mol. The van der Waals surface area contributed by atoms with Gasteiger partial charge in [0, 0.05) is 38.1 Å². The van der Waals surface area contributed by atoms with E-state index in [9.17, 15) is 0 Å². The normalized spacial score (nSPS) is 14.2. The highest BCUT2D eigenvalue weighted by molar-refractivity contribution is 5.57. The second-order valence-electron chi connectivity index (χ2n) is 6.06. The molecule has 0 bridgehead atoms. The van der Waals surface area contributed by atoms with Crippen molar-refractivity contribution in [3.05, 3.63) is 52.8 Å². The highest BCUT2D eigenvalue weighted by atomic mass is 16.5. The zero-order valence-corrected chi connectivity index (χ0v) is 13.9. The van der Waals surface area contributed by atoms with Crippen molar-refractivity contribution in [3.8, 4) is 0 Å². The number of benzene rings is 1. The van der Waals surface area contributed by atoms with Crippen molar-refractivity contribution in [3.63, 3.8) is 0 Å². The highest BCUT2D eigenvalue weighted by Gasteiger charge is 2.20. The Labute approximate surface area is 133 Å². The van der Waals surface area contributed by atoms with Crippen LogP contribution in [-0.4, -0.2) is 24.3 Å². The molecule has 3 nitrogen and oxygen atoms in total. The minimum Gasteiger partial charge on any atom is -0.380 e. The van der Waals surface area contributed by atoms with Crippen molar-refractivity contribution in [2.24, 2.45) is 0 Å². The fourth-order valence-electron chi connectivity index (χ4n) is 3.30. The van der Waals surface area contributed by atoms with Gasteiger partial charge < -0.3 is 14.2 Å². The minimum atomic E-state index is 0.785. The Morgan fingerprint density at radius 1 is 1.14 bits per heavy atom. The Morgan fingerprint density at radius 3 is 2.68 bits per heavy atom. The van der Waals surface area contributed by atoms with E-state index in [1.807, 2.05) is 6.92 Å². The molecule has 118 valence electrons. The summed E-state index contributed by atoms with van der Waals surface area (Å²) in [5.74, 6) is 0. The van der Waals surface area contributed by atoms with E-state index in [2.05, 4.69) is 53.8 Å². The topological polar surface area (TPSA) is 17.4 Å². The number of ether oxygens (including phenoxy) is 1. The molecule has 1 aromatic carbocycles. The van der Waals surface area contributed by atoms with Gasteiger partial charge in [-0.3, -0.25) is 0 Å². The van der Waals surface area contributed by atoms with Gasteiger partial charge in [-0.2, -0.15) is 0 Å². The van der Waals surface area contributed by atoms with Gasteiger partial charge in [0.25, 0.3) is 0 Å². The maximum absolute atomic E-state index is 5.50. The minimum absolute atomic E-state index is 0.785. The van der Waals surface area contributed by atoms with Gasteiger partial charge in [0.05, 0.1) is 12.3 Å². The Hall–Kier alpha value is -1.74. The number of nitrogens with zero attached hydrogens (tertiary/aromatic N) is 2. The van der Waals surface area contributed by atoms with Crippen LogP contribution >= 0.6 is 0 Å². The Balaban J connectivity index is 1.79. The van der Waals surface area contributed by atoms with Crippen molar-refractivity contribution in [1.29, 1.82) is 0 Å². The molecule has 0 saturated heterocycles. The van der Waals surface area contributed by atoms with Gasteiger partial charge >= 0.3 is 0 Å². The fourth-order valence-corrected chi connectivity index (χ4v) is 3.30. The van der Waals surface area contributed by atoms with E-state index in [0.29, 0.717) is 0 Å². The maximum Gasteiger partial charge on any atom is 0.0645 e. The summed E-state index contributed by atoms with van der Waals surface area (Å²) in [7, 11) is 0. The highest BCUT2D eigenvalue weighted by Crippen LogP contribution is 2.30. The third-order valence-corrected chi connectivity index (χ3v) is 4.79. The standard InChI is InChI=1S/C19H26N2O/c1-4-22-12-11-20-14-19(15(2)16(20)3)21-10-9-17-7-5-6-8-18(17)13-21/h5-8,14H,4,9-13H2,1-3H3. The SMILES string of the molecule is CCOCCn1cc(N2CCc3ccccc3C2)c(C)c1C. The molecule has 2 heterocycles. The van der Waals surface area contributed by atoms with Crippen LogP contribution in [0.5, 0.6) is 0 Å². The van der Waals surface area contributed by atoms with Gasteiger partial charge in [-0.1, -0.05) is 24.3 Å². The Kier molecular flexibility index (Phi) is 4.53. The Morgan fingerprint density at radius 2 is 1.91 bits per heavy atom. The Bertz CT molecular complexity index is 645. The summed E-state index contributed by atoms with van der Waals surface area (Å²) in [5, 5.41) is 0. The van der Waals surface area contributed by atoms with E-state index >= 15 is 0 Å². The van der Waals surface area contributed by atoms with Crippen molar-refractivity contribution in [2.45, 2.75) is 40.3 Å². The molecule has 22 heavy (non-hydrogen) atoms. The quantitative estimate of drug-likeness (QED) is 0.783. The molecular weight excluding hydrogens is 272 g/mol. The van der Waals surface area contributed by atoms with E-state index in [1.165, 1.54) is 28.1 Å². The van der Waals surface area contributed by atoms with E-state index in [-0.39, 0.29) is 0 Å². The summed E-state index contributed by atoms with van der Waals surface area (Å²) < 4.78 is 7.83. The lowest BCUT2D eigenvalue weighted by Crippen LogP contribution is -2.30. The van der Waals surface area contributed by atoms with Crippen molar-refractivity contribution >= 4 is 5.69 Å². The molecule has 0 aliphatic carbocycles. The molecule has 2 aromatic rings. The first kappa shape index (κ1) is 15.2. The number of fused-ring (bicyclic) bond motifs is 1. The van der Waals surface area contributed by atoms with E-state index in [0.717, 1.165) is 39.3 Å². The molecule has 0 saturated carbocycles. The zero-order chi connectivity index (χ0) is 15.5. The maximum atomic E-state index is 5.50. The lowest BCUT2D eigenvalue weighted by molar-refractivity contribution is 0.138. The largest absolute Gasteiger partial charge is 0.380 e. The molecule has 0 amide bonds.